The van der Waals surface area contributed by atoms with Crippen molar-refractivity contribution >= 4 is 0 Å². The Labute approximate surface area is 110 Å². The molecule has 2 N–H and O–H groups in total. The molecule has 1 unspecified atom stereocenters. The van der Waals surface area contributed by atoms with Crippen molar-refractivity contribution in [1.29, 1.82) is 0 Å². The molecule has 1 aromatic carbocycles. The van der Waals surface area contributed by atoms with Gasteiger partial charge in [-0.3, -0.25) is 0 Å². The van der Waals surface area contributed by atoms with Crippen LogP contribution in [0.25, 0.3) is 0 Å². The van der Waals surface area contributed by atoms with Gasteiger partial charge in [0.25, 0.3) is 0 Å². The van der Waals surface area contributed by atoms with Crippen LogP contribution in [-0.4, -0.2) is 24.4 Å². The first-order chi connectivity index (χ1) is 9.24. The topological polar surface area (TPSA) is 54.6 Å². The van der Waals surface area contributed by atoms with Crippen molar-refractivity contribution in [2.45, 2.75) is 12.6 Å². The van der Waals surface area contributed by atoms with Crippen molar-refractivity contribution < 1.29 is 18.7 Å². The van der Waals surface area contributed by atoms with E-state index >= 15 is 0 Å². The summed E-state index contributed by atoms with van der Waals surface area (Å²) in [6, 6.07) is 7.55. The van der Waals surface area contributed by atoms with E-state index in [0.717, 1.165) is 5.56 Å². The Kier molecular flexibility index (Phi) is 4.94. The van der Waals surface area contributed by atoms with E-state index in [0.29, 0.717) is 18.8 Å². The average molecular weight is 265 g/mol. The number of furan rings is 1. The second kappa shape index (κ2) is 6.92. The fraction of sp³-hybridized carbons (Fsp3) is 0.286. The Morgan fingerprint density at radius 1 is 1.26 bits per heavy atom. The lowest BCUT2D eigenvalue weighted by molar-refractivity contribution is 0.106. The molecule has 2 aromatic rings. The molecule has 102 valence electrons. The zero-order chi connectivity index (χ0) is 13.5. The van der Waals surface area contributed by atoms with E-state index in [-0.39, 0.29) is 12.4 Å². The SMILES string of the molecule is OC(CNCc1ccoc1)COc1ccc(F)cc1. The van der Waals surface area contributed by atoms with Crippen LogP contribution < -0.4 is 10.1 Å². The monoisotopic (exact) mass is 265 g/mol. The van der Waals surface area contributed by atoms with Crippen molar-refractivity contribution in [3.8, 4) is 5.75 Å². The van der Waals surface area contributed by atoms with E-state index in [9.17, 15) is 9.50 Å². The van der Waals surface area contributed by atoms with Gasteiger partial charge in [0.1, 0.15) is 24.3 Å². The Hall–Kier alpha value is -1.85. The third-order valence-electron chi connectivity index (χ3n) is 2.55. The van der Waals surface area contributed by atoms with Gasteiger partial charge in [-0.1, -0.05) is 0 Å². The molecule has 19 heavy (non-hydrogen) atoms. The van der Waals surface area contributed by atoms with Crippen LogP contribution in [-0.2, 0) is 6.54 Å². The molecule has 0 amide bonds. The molecule has 0 radical (unpaired) electrons. The standard InChI is InChI=1S/C14H16FNO3/c15-12-1-3-14(4-2-12)19-10-13(17)8-16-7-11-5-6-18-9-11/h1-6,9,13,16-17H,7-8,10H2. The second-order valence-corrected chi connectivity index (χ2v) is 4.18. The summed E-state index contributed by atoms with van der Waals surface area (Å²) in [6.45, 7) is 1.19. The van der Waals surface area contributed by atoms with E-state index in [1.54, 1.807) is 12.5 Å². The molecular weight excluding hydrogens is 249 g/mol. The van der Waals surface area contributed by atoms with Crippen LogP contribution >= 0.6 is 0 Å². The fourth-order valence-electron chi connectivity index (χ4n) is 1.56. The molecule has 1 atom stereocenters. The molecule has 4 nitrogen and oxygen atoms in total. The molecule has 1 heterocycles. The lowest BCUT2D eigenvalue weighted by atomic mass is 10.3. The van der Waals surface area contributed by atoms with Crippen molar-refractivity contribution in [2.75, 3.05) is 13.2 Å². The Bertz CT molecular complexity index is 470. The quantitative estimate of drug-likeness (QED) is 0.803. The first-order valence-corrected chi connectivity index (χ1v) is 6.02. The number of rotatable bonds is 7. The minimum atomic E-state index is -0.628. The number of ether oxygens (including phenoxy) is 1. The lowest BCUT2D eigenvalue weighted by Gasteiger charge is -2.12. The van der Waals surface area contributed by atoms with E-state index in [2.05, 4.69) is 5.32 Å². The minimum Gasteiger partial charge on any atom is -0.491 e. The number of nitrogens with one attached hydrogen (secondary N) is 1. The first-order valence-electron chi connectivity index (χ1n) is 6.02. The predicted molar refractivity (Wildman–Crippen MR) is 68.3 cm³/mol. The van der Waals surface area contributed by atoms with Crippen molar-refractivity contribution in [3.63, 3.8) is 0 Å². The molecule has 2 rings (SSSR count). The number of hydrogen-bond acceptors (Lipinski definition) is 4. The van der Waals surface area contributed by atoms with Crippen molar-refractivity contribution in [2.24, 2.45) is 0 Å². The summed E-state index contributed by atoms with van der Waals surface area (Å²) in [6.07, 6.45) is 2.62. The first kappa shape index (κ1) is 13.6. The van der Waals surface area contributed by atoms with Gasteiger partial charge in [0.05, 0.1) is 12.5 Å². The van der Waals surface area contributed by atoms with Crippen LogP contribution in [0.3, 0.4) is 0 Å². The summed E-state index contributed by atoms with van der Waals surface area (Å²) in [5, 5.41) is 12.8. The third kappa shape index (κ3) is 4.73. The van der Waals surface area contributed by atoms with Crippen LogP contribution in [0.1, 0.15) is 5.56 Å². The molecule has 0 fully saturated rings. The summed E-state index contributed by atoms with van der Waals surface area (Å²) in [5.41, 5.74) is 1.02. The molecule has 5 heteroatoms. The molecule has 0 spiro atoms. The fourth-order valence-corrected chi connectivity index (χ4v) is 1.56. The van der Waals surface area contributed by atoms with Gasteiger partial charge >= 0.3 is 0 Å². The van der Waals surface area contributed by atoms with Gasteiger partial charge in [-0.25, -0.2) is 4.39 Å². The average Bonchev–Trinajstić information content (AvgIpc) is 2.91. The van der Waals surface area contributed by atoms with Crippen molar-refractivity contribution in [3.05, 3.63) is 54.2 Å². The number of benzene rings is 1. The molecule has 0 saturated heterocycles. The number of halogens is 1. The van der Waals surface area contributed by atoms with E-state index < -0.39 is 6.10 Å². The van der Waals surface area contributed by atoms with Gasteiger partial charge in [0.15, 0.2) is 0 Å². The maximum absolute atomic E-state index is 12.7. The summed E-state index contributed by atoms with van der Waals surface area (Å²) in [4.78, 5) is 0. The van der Waals surface area contributed by atoms with Crippen LogP contribution in [0, 0.1) is 5.82 Å². The van der Waals surface area contributed by atoms with E-state index in [1.807, 2.05) is 6.07 Å². The molecule has 0 aliphatic heterocycles. The smallest absolute Gasteiger partial charge is 0.123 e. The number of aliphatic hydroxyl groups excluding tert-OH is 1. The highest BCUT2D eigenvalue weighted by Gasteiger charge is 2.05. The van der Waals surface area contributed by atoms with Gasteiger partial charge in [-0.2, -0.15) is 0 Å². The summed E-state index contributed by atoms with van der Waals surface area (Å²) < 4.78 is 22.9. The van der Waals surface area contributed by atoms with Gasteiger partial charge in [0, 0.05) is 18.7 Å². The van der Waals surface area contributed by atoms with Gasteiger partial charge in [0.2, 0.25) is 0 Å². The minimum absolute atomic E-state index is 0.157. The van der Waals surface area contributed by atoms with Crippen LogP contribution in [0.15, 0.2) is 47.3 Å². The van der Waals surface area contributed by atoms with Crippen LogP contribution in [0.2, 0.25) is 0 Å². The normalized spacial score (nSPS) is 12.3. The lowest BCUT2D eigenvalue weighted by Crippen LogP contribution is -2.31. The molecule has 1 aromatic heterocycles. The number of hydrogen-bond donors (Lipinski definition) is 2. The molecule has 0 bridgehead atoms. The highest BCUT2D eigenvalue weighted by molar-refractivity contribution is 5.22. The van der Waals surface area contributed by atoms with Crippen LogP contribution in [0.4, 0.5) is 4.39 Å². The molecular formula is C14H16FNO3. The summed E-state index contributed by atoms with van der Waals surface area (Å²) in [5.74, 6) is 0.227. The highest BCUT2D eigenvalue weighted by atomic mass is 19.1. The predicted octanol–water partition coefficient (Wildman–Crippen LogP) is 1.95. The van der Waals surface area contributed by atoms with Gasteiger partial charge in [-0.15, -0.1) is 0 Å². The Morgan fingerprint density at radius 3 is 2.74 bits per heavy atom. The van der Waals surface area contributed by atoms with Gasteiger partial charge in [-0.05, 0) is 30.3 Å². The Morgan fingerprint density at radius 2 is 2.05 bits per heavy atom. The second-order valence-electron chi connectivity index (χ2n) is 4.18. The third-order valence-corrected chi connectivity index (χ3v) is 2.55. The molecule has 0 aliphatic carbocycles. The zero-order valence-electron chi connectivity index (χ0n) is 10.4. The largest absolute Gasteiger partial charge is 0.491 e. The summed E-state index contributed by atoms with van der Waals surface area (Å²) >= 11 is 0. The zero-order valence-corrected chi connectivity index (χ0v) is 10.4. The van der Waals surface area contributed by atoms with E-state index in [1.165, 1.54) is 24.3 Å². The van der Waals surface area contributed by atoms with Crippen LogP contribution in [0.5, 0.6) is 5.75 Å². The van der Waals surface area contributed by atoms with Crippen molar-refractivity contribution in [1.82, 2.24) is 5.32 Å². The molecule has 0 aliphatic rings. The molecule has 0 saturated carbocycles. The number of aliphatic hydroxyl groups is 1. The van der Waals surface area contributed by atoms with E-state index in [4.69, 9.17) is 9.15 Å². The summed E-state index contributed by atoms with van der Waals surface area (Å²) in [7, 11) is 0. The highest BCUT2D eigenvalue weighted by Crippen LogP contribution is 2.11. The Balaban J connectivity index is 1.64. The maximum atomic E-state index is 12.7. The maximum Gasteiger partial charge on any atom is 0.123 e. The van der Waals surface area contributed by atoms with Gasteiger partial charge < -0.3 is 19.6 Å².